The van der Waals surface area contributed by atoms with Crippen molar-refractivity contribution in [1.82, 2.24) is 4.90 Å². The lowest BCUT2D eigenvalue weighted by atomic mass is 10.0. The predicted molar refractivity (Wildman–Crippen MR) is 89.1 cm³/mol. The van der Waals surface area contributed by atoms with Crippen molar-refractivity contribution in [2.24, 2.45) is 0 Å². The summed E-state index contributed by atoms with van der Waals surface area (Å²) in [7, 11) is 0. The minimum atomic E-state index is -0.495. The lowest BCUT2D eigenvalue weighted by Crippen LogP contribution is -2.46. The number of ether oxygens (including phenoxy) is 2. The lowest BCUT2D eigenvalue weighted by Gasteiger charge is -2.36. The second-order valence-electron chi connectivity index (χ2n) is 7.07. The van der Waals surface area contributed by atoms with E-state index < -0.39 is 5.60 Å². The van der Waals surface area contributed by atoms with E-state index in [9.17, 15) is 9.59 Å². The van der Waals surface area contributed by atoms with Crippen molar-refractivity contribution in [3.63, 3.8) is 0 Å². The van der Waals surface area contributed by atoms with Gasteiger partial charge in [-0.2, -0.15) is 0 Å². The van der Waals surface area contributed by atoms with Gasteiger partial charge in [-0.3, -0.25) is 4.79 Å². The number of ketones is 1. The third-order valence-corrected chi connectivity index (χ3v) is 3.88. The minimum Gasteiger partial charge on any atom is -0.461 e. The predicted octanol–water partition coefficient (Wildman–Crippen LogP) is 3.66. The van der Waals surface area contributed by atoms with Gasteiger partial charge < -0.3 is 18.8 Å². The molecule has 0 N–H and O–H groups in total. The molecule has 0 aliphatic carbocycles. The molecule has 0 spiro atoms. The Hall–Kier alpha value is -1.82. The molecule has 1 aliphatic heterocycles. The van der Waals surface area contributed by atoms with E-state index in [-0.39, 0.29) is 24.5 Å². The molecule has 134 valence electrons. The van der Waals surface area contributed by atoms with Crippen LogP contribution < -0.4 is 0 Å². The summed E-state index contributed by atoms with van der Waals surface area (Å²) in [5.74, 6) is 0.135. The summed E-state index contributed by atoms with van der Waals surface area (Å²) in [5.41, 5.74) is -0.495. The number of likely N-dealkylation sites (tertiary alicyclic amines) is 1. The van der Waals surface area contributed by atoms with E-state index in [1.165, 1.54) is 6.26 Å². The van der Waals surface area contributed by atoms with Gasteiger partial charge in [0.25, 0.3) is 0 Å². The Bertz CT molecular complexity index is 532. The van der Waals surface area contributed by atoms with E-state index in [1.807, 2.05) is 20.8 Å². The number of nitrogens with zero attached hydrogens (tertiary/aromatic N) is 1. The van der Waals surface area contributed by atoms with Gasteiger partial charge in [-0.1, -0.05) is 0 Å². The third-order valence-electron chi connectivity index (χ3n) is 3.88. The molecule has 1 fully saturated rings. The fourth-order valence-electron chi connectivity index (χ4n) is 2.75. The fraction of sp³-hybridized carbons (Fsp3) is 0.667. The molecule has 2 heterocycles. The highest BCUT2D eigenvalue weighted by Gasteiger charge is 2.30. The molecular formula is C18H27NO5. The van der Waals surface area contributed by atoms with Crippen molar-refractivity contribution in [3.05, 3.63) is 24.2 Å². The number of piperidine rings is 1. The number of rotatable bonds is 6. The Balaban J connectivity index is 1.76. The second-order valence-corrected chi connectivity index (χ2v) is 7.07. The monoisotopic (exact) mass is 337 g/mol. The number of amides is 1. The molecule has 1 aliphatic rings. The summed E-state index contributed by atoms with van der Waals surface area (Å²) < 4.78 is 16.0. The van der Waals surface area contributed by atoms with Crippen LogP contribution in [0.15, 0.2) is 22.8 Å². The van der Waals surface area contributed by atoms with Gasteiger partial charge in [0.1, 0.15) is 12.2 Å². The van der Waals surface area contributed by atoms with Crippen LogP contribution in [-0.4, -0.2) is 48.2 Å². The van der Waals surface area contributed by atoms with Gasteiger partial charge in [0.15, 0.2) is 5.76 Å². The summed E-state index contributed by atoms with van der Waals surface area (Å²) in [5, 5.41) is 0. The highest BCUT2D eigenvalue weighted by molar-refractivity contribution is 5.94. The molecule has 6 nitrogen and oxygen atoms in total. The standard InChI is InChI=1S/C18H27NO5/c1-18(2,3)24-17(21)19-10-5-4-7-14(19)9-12-22-13-15(20)16-8-6-11-23-16/h6,8,11,14H,4-5,7,9-10,12-13H2,1-3H3. The van der Waals surface area contributed by atoms with Gasteiger partial charge in [0, 0.05) is 19.2 Å². The first-order chi connectivity index (χ1) is 11.4. The van der Waals surface area contributed by atoms with Crippen LogP contribution in [-0.2, 0) is 9.47 Å². The molecule has 6 heteroatoms. The van der Waals surface area contributed by atoms with Crippen LogP contribution in [0.2, 0.25) is 0 Å². The first-order valence-corrected chi connectivity index (χ1v) is 8.51. The van der Waals surface area contributed by atoms with E-state index >= 15 is 0 Å². The van der Waals surface area contributed by atoms with E-state index in [4.69, 9.17) is 13.9 Å². The topological polar surface area (TPSA) is 69.0 Å². The quantitative estimate of drug-likeness (QED) is 0.585. The highest BCUT2D eigenvalue weighted by atomic mass is 16.6. The first-order valence-electron chi connectivity index (χ1n) is 8.51. The number of hydrogen-bond donors (Lipinski definition) is 0. The zero-order valence-corrected chi connectivity index (χ0v) is 14.7. The van der Waals surface area contributed by atoms with Gasteiger partial charge in [0.05, 0.1) is 6.26 Å². The van der Waals surface area contributed by atoms with Crippen LogP contribution in [0.4, 0.5) is 4.79 Å². The Labute approximate surface area is 143 Å². The van der Waals surface area contributed by atoms with Crippen LogP contribution in [0.3, 0.4) is 0 Å². The molecular weight excluding hydrogens is 310 g/mol. The second kappa shape index (κ2) is 8.33. The van der Waals surface area contributed by atoms with Gasteiger partial charge in [0.2, 0.25) is 5.78 Å². The van der Waals surface area contributed by atoms with Crippen molar-refractivity contribution in [1.29, 1.82) is 0 Å². The Kier molecular flexibility index (Phi) is 6.43. The maximum absolute atomic E-state index is 12.3. The van der Waals surface area contributed by atoms with Crippen molar-refractivity contribution in [2.45, 2.75) is 58.1 Å². The summed E-state index contributed by atoms with van der Waals surface area (Å²) in [6.07, 6.45) is 4.93. The smallest absolute Gasteiger partial charge is 0.410 e. The summed E-state index contributed by atoms with van der Waals surface area (Å²) in [6, 6.07) is 3.40. The number of furan rings is 1. The van der Waals surface area contributed by atoms with Crippen molar-refractivity contribution >= 4 is 11.9 Å². The van der Waals surface area contributed by atoms with E-state index in [0.717, 1.165) is 19.3 Å². The maximum atomic E-state index is 12.3. The SMILES string of the molecule is CC(C)(C)OC(=O)N1CCCCC1CCOCC(=O)c1ccco1. The zero-order chi connectivity index (χ0) is 17.6. The Morgan fingerprint density at radius 2 is 2.12 bits per heavy atom. The summed E-state index contributed by atoms with van der Waals surface area (Å²) >= 11 is 0. The lowest BCUT2D eigenvalue weighted by molar-refractivity contribution is 0.00452. The Morgan fingerprint density at radius 3 is 2.79 bits per heavy atom. The largest absolute Gasteiger partial charge is 0.461 e. The molecule has 2 rings (SSSR count). The van der Waals surface area contributed by atoms with E-state index in [2.05, 4.69) is 0 Å². The molecule has 1 saturated heterocycles. The Morgan fingerprint density at radius 1 is 1.33 bits per heavy atom. The molecule has 0 aromatic carbocycles. The number of carbonyl (C=O) groups excluding carboxylic acids is 2. The molecule has 1 amide bonds. The average Bonchev–Trinajstić information content (AvgIpc) is 3.04. The fourth-order valence-corrected chi connectivity index (χ4v) is 2.75. The van der Waals surface area contributed by atoms with Crippen molar-refractivity contribution in [3.8, 4) is 0 Å². The van der Waals surface area contributed by atoms with Gasteiger partial charge in [-0.15, -0.1) is 0 Å². The van der Waals surface area contributed by atoms with Crippen molar-refractivity contribution in [2.75, 3.05) is 19.8 Å². The van der Waals surface area contributed by atoms with Crippen LogP contribution in [0.1, 0.15) is 57.0 Å². The highest BCUT2D eigenvalue weighted by Crippen LogP contribution is 2.22. The number of carbonyl (C=O) groups is 2. The summed E-state index contributed by atoms with van der Waals surface area (Å²) in [6.45, 7) is 6.74. The maximum Gasteiger partial charge on any atom is 0.410 e. The third kappa shape index (κ3) is 5.67. The molecule has 0 radical (unpaired) electrons. The van der Waals surface area contributed by atoms with E-state index in [1.54, 1.807) is 17.0 Å². The normalized spacial score (nSPS) is 18.5. The molecule has 1 aromatic heterocycles. The molecule has 0 bridgehead atoms. The molecule has 1 atom stereocenters. The zero-order valence-electron chi connectivity index (χ0n) is 14.7. The van der Waals surface area contributed by atoms with Gasteiger partial charge in [-0.05, 0) is 58.6 Å². The molecule has 0 saturated carbocycles. The molecule has 1 aromatic rings. The molecule has 1 unspecified atom stereocenters. The summed E-state index contributed by atoms with van der Waals surface area (Å²) in [4.78, 5) is 25.9. The van der Waals surface area contributed by atoms with Crippen LogP contribution in [0.25, 0.3) is 0 Å². The number of hydrogen-bond acceptors (Lipinski definition) is 5. The van der Waals surface area contributed by atoms with Crippen LogP contribution in [0.5, 0.6) is 0 Å². The van der Waals surface area contributed by atoms with Crippen LogP contribution >= 0.6 is 0 Å². The number of Topliss-reactive ketones (excluding diaryl/α,β-unsaturated/α-hetero) is 1. The van der Waals surface area contributed by atoms with Gasteiger partial charge >= 0.3 is 6.09 Å². The average molecular weight is 337 g/mol. The van der Waals surface area contributed by atoms with Gasteiger partial charge in [-0.25, -0.2) is 4.79 Å². The first kappa shape index (κ1) is 18.5. The van der Waals surface area contributed by atoms with Crippen molar-refractivity contribution < 1.29 is 23.5 Å². The molecule has 24 heavy (non-hydrogen) atoms. The van der Waals surface area contributed by atoms with E-state index in [0.29, 0.717) is 25.3 Å². The van der Waals surface area contributed by atoms with Crippen LogP contribution in [0, 0.1) is 0 Å². The minimum absolute atomic E-state index is 0.00727.